The summed E-state index contributed by atoms with van der Waals surface area (Å²) < 4.78 is 0. The first kappa shape index (κ1) is 23.7. The van der Waals surface area contributed by atoms with E-state index in [2.05, 4.69) is 12.1 Å². The minimum atomic E-state index is -0.407. The Kier molecular flexibility index (Phi) is 8.23. The van der Waals surface area contributed by atoms with Crippen LogP contribution in [0.15, 0.2) is 60.7 Å². The minimum absolute atomic E-state index is 0.172. The van der Waals surface area contributed by atoms with E-state index in [1.54, 1.807) is 0 Å². The van der Waals surface area contributed by atoms with E-state index in [1.165, 1.54) is 5.56 Å². The zero-order valence-corrected chi connectivity index (χ0v) is 19.4. The topological polar surface area (TPSA) is 66.6 Å². The molecule has 5 heteroatoms. The largest absolute Gasteiger partial charge is 0.368 e. The number of hydrogen-bond acceptors (Lipinski definition) is 3. The van der Waals surface area contributed by atoms with Crippen LogP contribution < -0.4 is 5.73 Å². The van der Waals surface area contributed by atoms with Crippen molar-refractivity contribution in [2.75, 3.05) is 21.1 Å². The van der Waals surface area contributed by atoms with E-state index in [0.29, 0.717) is 18.4 Å². The van der Waals surface area contributed by atoms with Crippen LogP contribution in [0, 0.1) is 0 Å². The van der Waals surface area contributed by atoms with Crippen LogP contribution in [-0.2, 0) is 9.59 Å². The van der Waals surface area contributed by atoms with E-state index in [-0.39, 0.29) is 11.8 Å². The summed E-state index contributed by atoms with van der Waals surface area (Å²) in [4.78, 5) is 28.2. The van der Waals surface area contributed by atoms with E-state index in [0.717, 1.165) is 36.8 Å². The van der Waals surface area contributed by atoms with E-state index < -0.39 is 6.04 Å². The molecule has 0 aromatic heterocycles. The molecule has 1 fully saturated rings. The van der Waals surface area contributed by atoms with Gasteiger partial charge in [0.1, 0.15) is 6.04 Å². The van der Waals surface area contributed by atoms with Crippen LogP contribution in [0.5, 0.6) is 0 Å². The normalized spacial score (nSPS) is 19.8. The lowest BCUT2D eigenvalue weighted by Gasteiger charge is -2.35. The molecule has 1 aliphatic carbocycles. The standard InChI is InChI=1S/C27H35N3O2/c1-29(2)26(27(28)32)23-14-12-21(13-15-23)22-16-18-24(19-17-22)30(3)25(31)11-7-10-20-8-5-4-6-9-20/h4-10,12-15,22,24,26H,11,16-19H2,1-3H3,(H2,28,32). The highest BCUT2D eigenvalue weighted by Gasteiger charge is 2.27. The molecule has 1 unspecified atom stereocenters. The lowest BCUT2D eigenvalue weighted by Crippen LogP contribution is -2.39. The summed E-state index contributed by atoms with van der Waals surface area (Å²) in [6, 6.07) is 18.2. The Morgan fingerprint density at radius 3 is 2.16 bits per heavy atom. The minimum Gasteiger partial charge on any atom is -0.368 e. The van der Waals surface area contributed by atoms with Crippen molar-refractivity contribution < 1.29 is 9.59 Å². The van der Waals surface area contributed by atoms with Gasteiger partial charge in [-0.15, -0.1) is 0 Å². The molecule has 1 aliphatic rings. The molecule has 0 aliphatic heterocycles. The zero-order valence-electron chi connectivity index (χ0n) is 19.4. The maximum Gasteiger partial charge on any atom is 0.239 e. The number of nitrogens with two attached hydrogens (primary N) is 1. The van der Waals surface area contributed by atoms with Gasteiger partial charge in [0.2, 0.25) is 11.8 Å². The summed E-state index contributed by atoms with van der Waals surface area (Å²) in [6.07, 6.45) is 8.54. The fraction of sp³-hybridized carbons (Fsp3) is 0.407. The number of primary amides is 1. The van der Waals surface area contributed by atoms with Crippen molar-refractivity contribution in [3.8, 4) is 0 Å². The fourth-order valence-corrected chi connectivity index (χ4v) is 4.67. The van der Waals surface area contributed by atoms with Crippen LogP contribution in [0.4, 0.5) is 0 Å². The fourth-order valence-electron chi connectivity index (χ4n) is 4.67. The quantitative estimate of drug-likeness (QED) is 0.672. The van der Waals surface area contributed by atoms with E-state index in [1.807, 2.05) is 85.6 Å². The van der Waals surface area contributed by atoms with Crippen LogP contribution in [-0.4, -0.2) is 48.8 Å². The Hall–Kier alpha value is -2.92. The summed E-state index contributed by atoms with van der Waals surface area (Å²) >= 11 is 0. The number of carbonyl (C=O) groups excluding carboxylic acids is 2. The smallest absolute Gasteiger partial charge is 0.239 e. The third-order valence-electron chi connectivity index (χ3n) is 6.55. The van der Waals surface area contributed by atoms with Crippen molar-refractivity contribution in [1.82, 2.24) is 9.80 Å². The Labute approximate surface area is 191 Å². The van der Waals surface area contributed by atoms with E-state index in [9.17, 15) is 9.59 Å². The second-order valence-corrected chi connectivity index (χ2v) is 8.96. The van der Waals surface area contributed by atoms with Gasteiger partial charge in [-0.05, 0) is 62.4 Å². The maximum absolute atomic E-state index is 12.6. The molecule has 0 saturated heterocycles. The second kappa shape index (κ2) is 11.1. The Balaban J connectivity index is 1.51. The molecule has 0 spiro atoms. The van der Waals surface area contributed by atoms with Crippen LogP contribution in [0.3, 0.4) is 0 Å². The number of rotatable bonds is 8. The second-order valence-electron chi connectivity index (χ2n) is 8.96. The van der Waals surface area contributed by atoms with E-state index >= 15 is 0 Å². The van der Waals surface area contributed by atoms with Crippen molar-refractivity contribution in [2.45, 2.75) is 50.1 Å². The summed E-state index contributed by atoms with van der Waals surface area (Å²) in [7, 11) is 5.66. The van der Waals surface area contributed by atoms with Gasteiger partial charge in [-0.25, -0.2) is 0 Å². The van der Waals surface area contributed by atoms with Crippen molar-refractivity contribution in [3.05, 3.63) is 77.4 Å². The molecule has 1 atom stereocenters. The molecule has 3 rings (SSSR count). The molecule has 0 heterocycles. The van der Waals surface area contributed by atoms with Crippen molar-refractivity contribution in [1.29, 1.82) is 0 Å². The van der Waals surface area contributed by atoms with Crippen LogP contribution >= 0.6 is 0 Å². The molecule has 1 saturated carbocycles. The molecule has 170 valence electrons. The Bertz CT molecular complexity index is 914. The monoisotopic (exact) mass is 433 g/mol. The van der Waals surface area contributed by atoms with Gasteiger partial charge in [0, 0.05) is 19.5 Å². The third-order valence-corrected chi connectivity index (χ3v) is 6.55. The first-order chi connectivity index (χ1) is 15.4. The SMILES string of the molecule is CN(C)C(C(N)=O)c1ccc(C2CCC(N(C)C(=O)CC=Cc3ccccc3)CC2)cc1. The van der Waals surface area contributed by atoms with Gasteiger partial charge in [0.15, 0.2) is 0 Å². The predicted molar refractivity (Wildman–Crippen MR) is 130 cm³/mol. The van der Waals surface area contributed by atoms with Gasteiger partial charge in [0.25, 0.3) is 0 Å². The van der Waals surface area contributed by atoms with Crippen molar-refractivity contribution >= 4 is 17.9 Å². The predicted octanol–water partition coefficient (Wildman–Crippen LogP) is 4.36. The summed E-state index contributed by atoms with van der Waals surface area (Å²) in [6.45, 7) is 0. The van der Waals surface area contributed by atoms with Gasteiger partial charge in [-0.3, -0.25) is 14.5 Å². The summed E-state index contributed by atoms with van der Waals surface area (Å²) in [5.74, 6) is 0.328. The van der Waals surface area contributed by atoms with Gasteiger partial charge in [-0.1, -0.05) is 66.7 Å². The number of likely N-dealkylation sites (N-methyl/N-ethyl adjacent to an activating group) is 1. The number of carbonyl (C=O) groups is 2. The molecule has 2 amide bonds. The molecular formula is C27H35N3O2. The summed E-state index contributed by atoms with van der Waals surface area (Å²) in [5.41, 5.74) is 8.90. The lowest BCUT2D eigenvalue weighted by atomic mass is 9.81. The average molecular weight is 434 g/mol. The summed E-state index contributed by atoms with van der Waals surface area (Å²) in [5, 5.41) is 0. The molecular weight excluding hydrogens is 398 g/mol. The van der Waals surface area contributed by atoms with Crippen molar-refractivity contribution in [3.63, 3.8) is 0 Å². The maximum atomic E-state index is 12.6. The number of hydrogen-bond donors (Lipinski definition) is 1. The van der Waals surface area contributed by atoms with Gasteiger partial charge >= 0.3 is 0 Å². The number of nitrogens with zero attached hydrogens (tertiary/aromatic N) is 2. The van der Waals surface area contributed by atoms with Gasteiger partial charge in [-0.2, -0.15) is 0 Å². The molecule has 2 N–H and O–H groups in total. The first-order valence-electron chi connectivity index (χ1n) is 11.4. The molecule has 0 radical (unpaired) electrons. The first-order valence-corrected chi connectivity index (χ1v) is 11.4. The number of amides is 2. The van der Waals surface area contributed by atoms with Crippen LogP contribution in [0.2, 0.25) is 0 Å². The molecule has 5 nitrogen and oxygen atoms in total. The van der Waals surface area contributed by atoms with E-state index in [4.69, 9.17) is 5.73 Å². The highest BCUT2D eigenvalue weighted by atomic mass is 16.2. The van der Waals surface area contributed by atoms with Crippen LogP contribution in [0.25, 0.3) is 6.08 Å². The van der Waals surface area contributed by atoms with Gasteiger partial charge in [0.05, 0.1) is 0 Å². The van der Waals surface area contributed by atoms with Crippen LogP contribution in [0.1, 0.15) is 60.8 Å². The average Bonchev–Trinajstić information content (AvgIpc) is 2.79. The van der Waals surface area contributed by atoms with Gasteiger partial charge < -0.3 is 10.6 Å². The third kappa shape index (κ3) is 6.07. The Morgan fingerprint density at radius 1 is 0.969 bits per heavy atom. The Morgan fingerprint density at radius 2 is 1.59 bits per heavy atom. The number of benzene rings is 2. The molecule has 2 aromatic rings. The lowest BCUT2D eigenvalue weighted by molar-refractivity contribution is -0.131. The molecule has 2 aromatic carbocycles. The highest BCUT2D eigenvalue weighted by molar-refractivity contribution is 5.81. The van der Waals surface area contributed by atoms with Crippen molar-refractivity contribution in [2.24, 2.45) is 5.73 Å². The zero-order chi connectivity index (χ0) is 23.1. The highest BCUT2D eigenvalue weighted by Crippen LogP contribution is 2.35. The molecule has 0 bridgehead atoms. The molecule has 32 heavy (non-hydrogen) atoms.